The maximum Gasteiger partial charge on any atom is 0.301 e. The summed E-state index contributed by atoms with van der Waals surface area (Å²) in [6, 6.07) is 8.47. The Morgan fingerprint density at radius 2 is 2.00 bits per heavy atom. The number of nitrogens with zero attached hydrogens (tertiary/aromatic N) is 2. The van der Waals surface area contributed by atoms with E-state index >= 15 is 0 Å². The lowest BCUT2D eigenvalue weighted by molar-refractivity contribution is -0.354. The summed E-state index contributed by atoms with van der Waals surface area (Å²) in [5, 5.41) is 11.9. The lowest BCUT2D eigenvalue weighted by atomic mass is 10.3. The average Bonchev–Trinajstić information content (AvgIpc) is 3.01. The summed E-state index contributed by atoms with van der Waals surface area (Å²) in [6.45, 7) is 0. The van der Waals surface area contributed by atoms with E-state index in [-0.39, 0.29) is 10.1 Å². The predicted octanol–water partition coefficient (Wildman–Crippen LogP) is 3.98. The minimum absolute atomic E-state index is 0.157. The first-order valence-electron chi connectivity index (χ1n) is 6.37. The highest BCUT2D eigenvalue weighted by Gasteiger charge is 2.13. The van der Waals surface area contributed by atoms with E-state index in [0.29, 0.717) is 15.3 Å². The second-order valence-corrected chi connectivity index (χ2v) is 7.09. The van der Waals surface area contributed by atoms with Gasteiger partial charge in [0.15, 0.2) is 16.4 Å². The van der Waals surface area contributed by atoms with Gasteiger partial charge in [-0.3, -0.25) is 4.21 Å². The molecule has 2 rings (SSSR count). The van der Waals surface area contributed by atoms with Gasteiger partial charge in [-0.1, -0.05) is 29.5 Å². The van der Waals surface area contributed by atoms with Gasteiger partial charge >= 0.3 is 6.08 Å². The molecule has 0 radical (unpaired) electrons. The van der Waals surface area contributed by atoms with Crippen molar-refractivity contribution >= 4 is 34.0 Å². The normalized spacial score (nSPS) is 12.9. The average molecular weight is 360 g/mol. The summed E-state index contributed by atoms with van der Waals surface area (Å²) < 4.78 is 49.2. The van der Waals surface area contributed by atoms with Crippen molar-refractivity contribution in [3.8, 4) is 0 Å². The van der Waals surface area contributed by atoms with Crippen molar-refractivity contribution in [1.29, 1.82) is 0 Å². The Labute approximate surface area is 136 Å². The molecule has 1 heterocycles. The molecule has 0 spiro atoms. The third-order valence-electron chi connectivity index (χ3n) is 2.66. The Morgan fingerprint density at radius 1 is 1.30 bits per heavy atom. The van der Waals surface area contributed by atoms with Crippen LogP contribution in [0, 0.1) is 5.21 Å². The molecule has 0 aliphatic carbocycles. The molecule has 0 aliphatic heterocycles. The molecule has 0 aliphatic rings. The lowest BCUT2D eigenvalue weighted by Gasteiger charge is -2.00. The molecule has 1 aromatic carbocycles. The Bertz CT molecular complexity index is 756. The number of aromatic nitrogens is 1. The molecular weight excluding hydrogens is 349 g/mol. The Kier molecular flexibility index (Phi) is 6.05. The van der Waals surface area contributed by atoms with E-state index in [4.69, 9.17) is 0 Å². The summed E-state index contributed by atoms with van der Waals surface area (Å²) in [6.07, 6.45) is -0.394. The fourth-order valence-corrected chi connectivity index (χ4v) is 3.74. The molecule has 0 amide bonds. The second kappa shape index (κ2) is 8.02. The molecule has 122 valence electrons. The summed E-state index contributed by atoms with van der Waals surface area (Å²) in [5.41, 5.74) is 0.425. The van der Waals surface area contributed by atoms with E-state index in [1.165, 1.54) is 12.4 Å². The molecule has 9 heteroatoms. The number of rotatable bonds is 6. The first kappa shape index (κ1) is 17.4. The molecule has 4 nitrogen and oxygen atoms in total. The quantitative estimate of drug-likeness (QED) is 0.339. The highest BCUT2D eigenvalue weighted by atomic mass is 32.2. The largest absolute Gasteiger partial charge is 0.618 e. The highest BCUT2D eigenvalue weighted by molar-refractivity contribution is 7.87. The van der Waals surface area contributed by atoms with Crippen LogP contribution in [0.25, 0.3) is 0 Å². The molecule has 23 heavy (non-hydrogen) atoms. The number of thiazole rings is 1. The monoisotopic (exact) mass is 360 g/mol. The van der Waals surface area contributed by atoms with Crippen LogP contribution in [0.1, 0.15) is 11.3 Å². The van der Waals surface area contributed by atoms with Crippen molar-refractivity contribution in [2.75, 3.05) is 5.75 Å². The standard InChI is InChI=1S/C14H11F3N2O2S2/c15-12(13(16)17)6-7-23(21)14-18-8-11(22-14)9-19(20)10-4-2-1-3-5-10/h1-5,8-9H,6-7H2/b19-9-. The minimum atomic E-state index is -2.40. The number of hydrogen-bond donors (Lipinski definition) is 0. The molecular formula is C14H11F3N2O2S2. The third-order valence-corrected chi connectivity index (χ3v) is 5.27. The number of halogens is 3. The zero-order valence-electron chi connectivity index (χ0n) is 11.6. The third kappa shape index (κ3) is 5.00. The number of allylic oxidation sites excluding steroid dienone is 1. The zero-order chi connectivity index (χ0) is 16.8. The van der Waals surface area contributed by atoms with Crippen LogP contribution in [0.3, 0.4) is 0 Å². The van der Waals surface area contributed by atoms with Crippen LogP contribution in [-0.4, -0.2) is 25.9 Å². The van der Waals surface area contributed by atoms with Crippen molar-refractivity contribution in [3.63, 3.8) is 0 Å². The molecule has 1 aromatic heterocycles. The number of hydrogen-bond acceptors (Lipinski definition) is 4. The topological polar surface area (TPSA) is 56.0 Å². The summed E-state index contributed by atoms with van der Waals surface area (Å²) in [4.78, 5) is 4.34. The van der Waals surface area contributed by atoms with Gasteiger partial charge in [-0.15, -0.1) is 0 Å². The van der Waals surface area contributed by atoms with E-state index in [1.54, 1.807) is 30.3 Å². The summed E-state index contributed by atoms with van der Waals surface area (Å²) in [7, 11) is -1.70. The van der Waals surface area contributed by atoms with Crippen LogP contribution in [0.4, 0.5) is 18.9 Å². The Morgan fingerprint density at radius 3 is 2.65 bits per heavy atom. The molecule has 0 bridgehead atoms. The van der Waals surface area contributed by atoms with Crippen LogP contribution in [-0.2, 0) is 10.8 Å². The van der Waals surface area contributed by atoms with Gasteiger partial charge in [-0.2, -0.15) is 13.5 Å². The summed E-state index contributed by atoms with van der Waals surface area (Å²) in [5.74, 6) is -1.87. The zero-order valence-corrected chi connectivity index (χ0v) is 13.2. The van der Waals surface area contributed by atoms with Crippen LogP contribution in [0.5, 0.6) is 0 Å². The maximum atomic E-state index is 12.7. The first-order valence-corrected chi connectivity index (χ1v) is 8.51. The van der Waals surface area contributed by atoms with Gasteiger partial charge in [0.05, 0.1) is 17.0 Å². The second-order valence-electron chi connectivity index (χ2n) is 4.28. The lowest BCUT2D eigenvalue weighted by Crippen LogP contribution is -1.98. The van der Waals surface area contributed by atoms with Crippen molar-refractivity contribution in [2.24, 2.45) is 0 Å². The number of benzene rings is 1. The molecule has 0 N–H and O–H groups in total. The van der Waals surface area contributed by atoms with Crippen molar-refractivity contribution < 1.29 is 22.1 Å². The van der Waals surface area contributed by atoms with Crippen molar-refractivity contribution in [1.82, 2.24) is 4.98 Å². The van der Waals surface area contributed by atoms with Gasteiger partial charge in [0.2, 0.25) is 5.69 Å². The molecule has 0 saturated carbocycles. The van der Waals surface area contributed by atoms with Gasteiger partial charge in [-0.05, 0) is 0 Å². The molecule has 0 saturated heterocycles. The predicted molar refractivity (Wildman–Crippen MR) is 83.3 cm³/mol. The summed E-state index contributed by atoms with van der Waals surface area (Å²) >= 11 is 0.990. The van der Waals surface area contributed by atoms with Crippen molar-refractivity contribution in [3.05, 3.63) is 58.5 Å². The fourth-order valence-electron chi connectivity index (χ4n) is 1.56. The highest BCUT2D eigenvalue weighted by Crippen LogP contribution is 2.19. The minimum Gasteiger partial charge on any atom is -0.618 e. The van der Waals surface area contributed by atoms with Gasteiger partial charge in [0.1, 0.15) is 4.88 Å². The first-order chi connectivity index (χ1) is 11.0. The smallest absolute Gasteiger partial charge is 0.301 e. The van der Waals surface area contributed by atoms with E-state index in [2.05, 4.69) is 4.98 Å². The van der Waals surface area contributed by atoms with Crippen LogP contribution in [0.15, 0.2) is 52.8 Å². The van der Waals surface area contributed by atoms with Gasteiger partial charge in [0, 0.05) is 24.3 Å². The van der Waals surface area contributed by atoms with E-state index in [0.717, 1.165) is 11.3 Å². The van der Waals surface area contributed by atoms with E-state index < -0.39 is 29.1 Å². The van der Waals surface area contributed by atoms with Crippen LogP contribution < -0.4 is 0 Å². The van der Waals surface area contributed by atoms with Crippen LogP contribution in [0.2, 0.25) is 0 Å². The Hall–Kier alpha value is -2.00. The van der Waals surface area contributed by atoms with E-state index in [9.17, 15) is 22.6 Å². The maximum absolute atomic E-state index is 12.7. The van der Waals surface area contributed by atoms with Gasteiger partial charge in [0.25, 0.3) is 0 Å². The van der Waals surface area contributed by atoms with Gasteiger partial charge < -0.3 is 5.21 Å². The fraction of sp³-hybridized carbons (Fsp3) is 0.143. The van der Waals surface area contributed by atoms with Gasteiger partial charge in [-0.25, -0.2) is 9.37 Å². The SMILES string of the molecule is O=S(CCC(F)=C(F)F)c1ncc(/C=[N+](\[O-])c2ccccc2)s1. The van der Waals surface area contributed by atoms with Crippen LogP contribution >= 0.6 is 11.3 Å². The molecule has 2 aromatic rings. The molecule has 1 unspecified atom stereocenters. The molecule has 0 fully saturated rings. The number of para-hydroxylation sites is 1. The molecule has 1 atom stereocenters. The van der Waals surface area contributed by atoms with E-state index in [1.807, 2.05) is 0 Å². The Balaban J connectivity index is 2.06. The van der Waals surface area contributed by atoms with Crippen molar-refractivity contribution in [2.45, 2.75) is 10.8 Å².